The molecule has 1 unspecified atom stereocenters. The van der Waals surface area contributed by atoms with Gasteiger partial charge in [0.2, 0.25) is 5.95 Å². The minimum Gasteiger partial charge on any atom is -0.462 e. The van der Waals surface area contributed by atoms with Crippen LogP contribution in [-0.4, -0.2) is 81.3 Å². The Morgan fingerprint density at radius 3 is 2.67 bits per heavy atom. The van der Waals surface area contributed by atoms with Gasteiger partial charge in [0.05, 0.1) is 19.0 Å². The molecule has 45 heavy (non-hydrogen) atoms. The smallest absolute Gasteiger partial charge is 0.323 e. The summed E-state index contributed by atoms with van der Waals surface area (Å²) >= 11 is 5.88. The monoisotopic (exact) mass is 661 g/mol. The second-order valence-corrected chi connectivity index (χ2v) is 14.6. The molecule has 0 spiro atoms. The highest BCUT2D eigenvalue weighted by Crippen LogP contribution is 2.49. The Labute approximate surface area is 265 Å². The van der Waals surface area contributed by atoms with Crippen LogP contribution >= 0.6 is 6.64 Å². The molecule has 1 saturated heterocycles. The Morgan fingerprint density at radius 1 is 1.24 bits per heavy atom. The SMILES string of the molecule is CC(C)OC(=O)[C@@H](C)NP(=S)(OC[C@H]1O[C@@H](n2cnc3c(N(C)C)nc(N)nc32)[C@](C)(F)[C@@H]1O)Oc1cccc2ccccc12. The first-order chi connectivity index (χ1) is 21.2. The fourth-order valence-corrected chi connectivity index (χ4v) is 7.46. The number of rotatable bonds is 11. The lowest BCUT2D eigenvalue weighted by atomic mass is 9.98. The van der Waals surface area contributed by atoms with E-state index in [1.165, 1.54) is 17.8 Å². The number of aromatic nitrogens is 4. The summed E-state index contributed by atoms with van der Waals surface area (Å²) in [6.07, 6.45) is -3.17. The molecule has 0 amide bonds. The number of fused-ring (bicyclic) bond motifs is 2. The number of carbonyl (C=O) groups is 1. The molecule has 0 aliphatic carbocycles. The number of hydrogen-bond acceptors (Lipinski definition) is 12. The Morgan fingerprint density at radius 2 is 1.96 bits per heavy atom. The van der Waals surface area contributed by atoms with Crippen LogP contribution in [0.3, 0.4) is 0 Å². The number of nitrogen functional groups attached to an aromatic ring is 1. The Kier molecular flexibility index (Phi) is 9.32. The van der Waals surface area contributed by atoms with Gasteiger partial charge in [0.25, 0.3) is 0 Å². The summed E-state index contributed by atoms with van der Waals surface area (Å²) < 4.78 is 41.5. The number of alkyl halides is 1. The first-order valence-electron chi connectivity index (χ1n) is 14.3. The van der Waals surface area contributed by atoms with Crippen LogP contribution in [0.15, 0.2) is 48.8 Å². The van der Waals surface area contributed by atoms with Crippen molar-refractivity contribution in [3.05, 3.63) is 48.8 Å². The third-order valence-corrected chi connectivity index (χ3v) is 9.73. The van der Waals surface area contributed by atoms with Crippen molar-refractivity contribution < 1.29 is 32.8 Å². The number of benzene rings is 2. The van der Waals surface area contributed by atoms with Gasteiger partial charge in [0.1, 0.15) is 24.0 Å². The molecule has 6 atom stereocenters. The van der Waals surface area contributed by atoms with Crippen molar-refractivity contribution in [3.8, 4) is 5.75 Å². The lowest BCUT2D eigenvalue weighted by Crippen LogP contribution is -2.41. The minimum atomic E-state index is -3.56. The van der Waals surface area contributed by atoms with Crippen LogP contribution < -0.4 is 20.2 Å². The molecule has 242 valence electrons. The van der Waals surface area contributed by atoms with E-state index in [9.17, 15) is 9.90 Å². The molecule has 1 aliphatic rings. The molecule has 16 heteroatoms. The molecule has 4 N–H and O–H groups in total. The van der Waals surface area contributed by atoms with E-state index in [0.717, 1.165) is 10.8 Å². The first-order valence-corrected chi connectivity index (χ1v) is 16.9. The number of nitrogens with zero attached hydrogens (tertiary/aromatic N) is 5. The average Bonchev–Trinajstić information content (AvgIpc) is 3.48. The van der Waals surface area contributed by atoms with E-state index in [1.54, 1.807) is 45.8 Å². The number of anilines is 2. The lowest BCUT2D eigenvalue weighted by Gasteiger charge is -2.28. The second-order valence-electron chi connectivity index (χ2n) is 11.4. The summed E-state index contributed by atoms with van der Waals surface area (Å²) in [6, 6.07) is 12.1. The van der Waals surface area contributed by atoms with Crippen LogP contribution in [0.5, 0.6) is 5.75 Å². The summed E-state index contributed by atoms with van der Waals surface area (Å²) in [5.41, 5.74) is 4.25. The Hall–Kier alpha value is -3.46. The van der Waals surface area contributed by atoms with E-state index in [0.29, 0.717) is 17.1 Å². The Bertz CT molecular complexity index is 1750. The number of nitrogens with two attached hydrogens (primary N) is 1. The number of imidazole rings is 1. The van der Waals surface area contributed by atoms with E-state index in [2.05, 4.69) is 20.0 Å². The molecule has 2 aromatic carbocycles. The van der Waals surface area contributed by atoms with E-state index < -0.39 is 42.8 Å². The number of ether oxygens (including phenoxy) is 2. The number of esters is 1. The van der Waals surface area contributed by atoms with Crippen LogP contribution in [0.2, 0.25) is 0 Å². The van der Waals surface area contributed by atoms with Crippen molar-refractivity contribution in [2.75, 3.05) is 31.3 Å². The molecule has 13 nitrogen and oxygen atoms in total. The van der Waals surface area contributed by atoms with Gasteiger partial charge in [-0.25, -0.2) is 14.5 Å². The van der Waals surface area contributed by atoms with Gasteiger partial charge in [-0.3, -0.25) is 9.36 Å². The predicted molar refractivity (Wildman–Crippen MR) is 172 cm³/mol. The molecule has 3 heterocycles. The minimum absolute atomic E-state index is 0.0330. The fraction of sp³-hybridized carbons (Fsp3) is 0.448. The third-order valence-electron chi connectivity index (χ3n) is 7.25. The highest BCUT2D eigenvalue weighted by atomic mass is 32.5. The number of hydrogen-bond donors (Lipinski definition) is 3. The van der Waals surface area contributed by atoms with Gasteiger partial charge in [-0.2, -0.15) is 9.97 Å². The summed E-state index contributed by atoms with van der Waals surface area (Å²) in [4.78, 5) is 27.2. The second kappa shape index (κ2) is 12.7. The van der Waals surface area contributed by atoms with Gasteiger partial charge in [-0.15, -0.1) is 0 Å². The van der Waals surface area contributed by atoms with Gasteiger partial charge in [0.15, 0.2) is 28.9 Å². The zero-order chi connectivity index (χ0) is 32.7. The van der Waals surface area contributed by atoms with Crippen molar-refractivity contribution in [1.82, 2.24) is 24.6 Å². The normalized spacial score (nSPS) is 23.7. The van der Waals surface area contributed by atoms with E-state index >= 15 is 4.39 Å². The van der Waals surface area contributed by atoms with Crippen LogP contribution in [0.1, 0.15) is 33.9 Å². The maximum atomic E-state index is 16.3. The maximum Gasteiger partial charge on any atom is 0.323 e. The van der Waals surface area contributed by atoms with Gasteiger partial charge >= 0.3 is 12.6 Å². The molecular weight excluding hydrogens is 624 g/mol. The van der Waals surface area contributed by atoms with Crippen LogP contribution in [0.25, 0.3) is 21.9 Å². The van der Waals surface area contributed by atoms with Crippen LogP contribution in [0.4, 0.5) is 16.2 Å². The summed E-state index contributed by atoms with van der Waals surface area (Å²) in [6.45, 7) is 2.34. The first kappa shape index (κ1) is 32.9. The highest BCUT2D eigenvalue weighted by Gasteiger charge is 2.56. The van der Waals surface area contributed by atoms with Crippen LogP contribution in [-0.2, 0) is 30.6 Å². The third kappa shape index (κ3) is 6.74. The molecule has 5 rings (SSSR count). The largest absolute Gasteiger partial charge is 0.462 e. The van der Waals surface area contributed by atoms with Crippen molar-refractivity contribution >= 4 is 58.1 Å². The summed E-state index contributed by atoms with van der Waals surface area (Å²) in [5, 5.41) is 15.8. The van der Waals surface area contributed by atoms with Gasteiger partial charge in [-0.1, -0.05) is 36.4 Å². The predicted octanol–water partition coefficient (Wildman–Crippen LogP) is 3.86. The van der Waals surface area contributed by atoms with Gasteiger partial charge in [0, 0.05) is 19.5 Å². The molecule has 4 aromatic rings. The van der Waals surface area contributed by atoms with Crippen molar-refractivity contribution in [2.45, 2.75) is 63.9 Å². The molecule has 0 saturated carbocycles. The molecular formula is C29H37FN7O6PS. The number of aliphatic hydroxyl groups is 1. The molecule has 2 aromatic heterocycles. The zero-order valence-electron chi connectivity index (χ0n) is 25.7. The van der Waals surface area contributed by atoms with Crippen LogP contribution in [0, 0.1) is 0 Å². The molecule has 0 bridgehead atoms. The summed E-state index contributed by atoms with van der Waals surface area (Å²) in [7, 11) is 3.54. The van der Waals surface area contributed by atoms with Crippen molar-refractivity contribution in [3.63, 3.8) is 0 Å². The molecule has 1 fully saturated rings. The standard InChI is InChI=1S/C29H37FN7O6PS/c1-16(2)41-26(39)17(3)35-44(45,43-20-13-9-11-18-10-7-8-12-19(18)20)40-14-21-23(38)29(4,30)27(42-21)37-15-32-22-24(36(5)6)33-28(31)34-25(22)37/h7-13,15-17,21,23,27,38H,14H2,1-6H3,(H,35,45)(H2,31,33,34)/t17-,21-,23-,27-,29-,44?/m1/s1. The Balaban J connectivity index is 1.42. The molecule has 1 aliphatic heterocycles. The summed E-state index contributed by atoms with van der Waals surface area (Å²) in [5.74, 6) is 0.281. The maximum absolute atomic E-state index is 16.3. The van der Waals surface area contributed by atoms with Gasteiger partial charge in [-0.05, 0) is 51.0 Å². The van der Waals surface area contributed by atoms with Crippen molar-refractivity contribution in [2.24, 2.45) is 0 Å². The number of carbonyl (C=O) groups excluding carboxylic acids is 1. The van der Waals surface area contributed by atoms with Crippen molar-refractivity contribution in [1.29, 1.82) is 0 Å². The molecule has 0 radical (unpaired) electrons. The van der Waals surface area contributed by atoms with E-state index in [1.807, 2.05) is 36.4 Å². The topological polar surface area (TPSA) is 159 Å². The van der Waals surface area contributed by atoms with Gasteiger partial charge < -0.3 is 34.3 Å². The highest BCUT2D eigenvalue weighted by molar-refractivity contribution is 8.09. The number of nitrogens with one attached hydrogen (secondary N) is 1. The zero-order valence-corrected chi connectivity index (χ0v) is 27.5. The quantitative estimate of drug-likeness (QED) is 0.157. The number of aliphatic hydroxyl groups excluding tert-OH is 1. The van der Waals surface area contributed by atoms with E-state index in [-0.39, 0.29) is 24.3 Å². The average molecular weight is 662 g/mol. The lowest BCUT2D eigenvalue weighted by molar-refractivity contribution is -0.149. The van der Waals surface area contributed by atoms with E-state index in [4.69, 9.17) is 36.1 Å². The number of halogens is 1. The fourth-order valence-electron chi connectivity index (χ4n) is 5.04.